The Balaban J connectivity index is 2.13. The van der Waals surface area contributed by atoms with E-state index in [0.717, 1.165) is 30.0 Å². The van der Waals surface area contributed by atoms with Gasteiger partial charge in [0.05, 0.1) is 5.01 Å². The third-order valence-corrected chi connectivity index (χ3v) is 3.56. The molecule has 1 atom stereocenters. The maximum absolute atomic E-state index is 13.3. The Kier molecular flexibility index (Phi) is 4.84. The van der Waals surface area contributed by atoms with E-state index < -0.39 is 0 Å². The lowest BCUT2D eigenvalue weighted by molar-refractivity contribution is 0.523. The van der Waals surface area contributed by atoms with E-state index in [4.69, 9.17) is 0 Å². The highest BCUT2D eigenvalue weighted by Gasteiger charge is 2.13. The number of nitrogens with one attached hydrogen (secondary N) is 1. The molecular weight excluding hydrogens is 247 g/mol. The number of rotatable bonds is 6. The monoisotopic (exact) mass is 264 g/mol. The Hall–Kier alpha value is -1.26. The molecule has 0 aliphatic rings. The summed E-state index contributed by atoms with van der Waals surface area (Å²) in [6, 6.07) is 6.92. The Morgan fingerprint density at radius 2 is 2.33 bits per heavy atom. The third-order valence-electron chi connectivity index (χ3n) is 2.75. The maximum atomic E-state index is 13.3. The highest BCUT2D eigenvalue weighted by atomic mass is 32.1. The second-order valence-electron chi connectivity index (χ2n) is 4.19. The lowest BCUT2D eigenvalue weighted by atomic mass is 10.0. The fraction of sp³-hybridized carbons (Fsp3) is 0.357. The molecule has 1 aromatic carbocycles. The molecule has 18 heavy (non-hydrogen) atoms. The van der Waals surface area contributed by atoms with E-state index in [9.17, 15) is 4.39 Å². The van der Waals surface area contributed by atoms with Crippen molar-refractivity contribution >= 4 is 11.3 Å². The molecule has 0 radical (unpaired) electrons. The molecule has 2 rings (SSSR count). The summed E-state index contributed by atoms with van der Waals surface area (Å²) in [4.78, 5) is 4.30. The summed E-state index contributed by atoms with van der Waals surface area (Å²) in [7, 11) is 0. The summed E-state index contributed by atoms with van der Waals surface area (Å²) in [5.74, 6) is -0.185. The van der Waals surface area contributed by atoms with E-state index in [2.05, 4.69) is 17.2 Å². The van der Waals surface area contributed by atoms with Gasteiger partial charge in [0.25, 0.3) is 0 Å². The number of nitrogens with zero attached hydrogens (tertiary/aromatic N) is 1. The van der Waals surface area contributed by atoms with Crippen LogP contribution in [0.4, 0.5) is 4.39 Å². The normalized spacial score (nSPS) is 12.6. The van der Waals surface area contributed by atoms with Crippen molar-refractivity contribution in [2.45, 2.75) is 25.8 Å². The Morgan fingerprint density at radius 3 is 3.00 bits per heavy atom. The largest absolute Gasteiger partial charge is 0.310 e. The first-order valence-corrected chi connectivity index (χ1v) is 7.04. The molecule has 1 heterocycles. The van der Waals surface area contributed by atoms with Crippen LogP contribution in [0.3, 0.4) is 0 Å². The summed E-state index contributed by atoms with van der Waals surface area (Å²) in [5.41, 5.74) is 0.985. The summed E-state index contributed by atoms with van der Waals surface area (Å²) >= 11 is 1.64. The van der Waals surface area contributed by atoms with E-state index in [1.165, 1.54) is 6.07 Å². The molecular formula is C14H17FN2S. The molecule has 96 valence electrons. The van der Waals surface area contributed by atoms with Crippen molar-refractivity contribution in [3.8, 4) is 0 Å². The lowest BCUT2D eigenvalue weighted by Gasteiger charge is -2.18. The Labute approximate surface area is 111 Å². The SMILES string of the molecule is CCCNC(Cc1nccs1)c1cccc(F)c1. The standard InChI is InChI=1S/C14H17FN2S/c1-2-6-16-13(10-14-17-7-8-18-14)11-4-3-5-12(15)9-11/h3-5,7-9,13,16H,2,6,10H2,1H3. The molecule has 2 nitrogen and oxygen atoms in total. The number of thiazole rings is 1. The Bertz CT molecular complexity index is 470. The van der Waals surface area contributed by atoms with Gasteiger partial charge in [0.2, 0.25) is 0 Å². The predicted molar refractivity (Wildman–Crippen MR) is 73.3 cm³/mol. The van der Waals surface area contributed by atoms with E-state index in [0.29, 0.717) is 0 Å². The highest BCUT2D eigenvalue weighted by Crippen LogP contribution is 2.20. The van der Waals surface area contributed by atoms with Crippen molar-refractivity contribution in [3.63, 3.8) is 0 Å². The van der Waals surface area contributed by atoms with E-state index >= 15 is 0 Å². The molecule has 1 aromatic heterocycles. The van der Waals surface area contributed by atoms with E-state index in [1.54, 1.807) is 23.5 Å². The van der Waals surface area contributed by atoms with Crippen molar-refractivity contribution < 1.29 is 4.39 Å². The first kappa shape index (κ1) is 13.2. The van der Waals surface area contributed by atoms with Gasteiger partial charge < -0.3 is 5.32 Å². The summed E-state index contributed by atoms with van der Waals surface area (Å²) < 4.78 is 13.3. The minimum Gasteiger partial charge on any atom is -0.310 e. The van der Waals surface area contributed by atoms with Gasteiger partial charge in [0.15, 0.2) is 0 Å². The molecule has 0 amide bonds. The van der Waals surface area contributed by atoms with Gasteiger partial charge in [0, 0.05) is 24.0 Å². The quantitative estimate of drug-likeness (QED) is 0.863. The molecule has 0 saturated heterocycles. The number of hydrogen-bond acceptors (Lipinski definition) is 3. The lowest BCUT2D eigenvalue weighted by Crippen LogP contribution is -2.24. The molecule has 0 spiro atoms. The zero-order chi connectivity index (χ0) is 12.8. The fourth-order valence-corrected chi connectivity index (χ4v) is 2.54. The van der Waals surface area contributed by atoms with Gasteiger partial charge in [-0.05, 0) is 30.7 Å². The molecule has 0 aliphatic heterocycles. The topological polar surface area (TPSA) is 24.9 Å². The summed E-state index contributed by atoms with van der Waals surface area (Å²) in [5, 5.41) is 6.50. The summed E-state index contributed by atoms with van der Waals surface area (Å²) in [6.07, 6.45) is 3.67. The minimum absolute atomic E-state index is 0.131. The van der Waals surface area contributed by atoms with Gasteiger partial charge in [-0.1, -0.05) is 19.1 Å². The molecule has 4 heteroatoms. The van der Waals surface area contributed by atoms with Crippen LogP contribution < -0.4 is 5.32 Å². The number of aromatic nitrogens is 1. The zero-order valence-electron chi connectivity index (χ0n) is 10.4. The predicted octanol–water partition coefficient (Wildman–Crippen LogP) is 3.57. The van der Waals surface area contributed by atoms with E-state index in [1.807, 2.05) is 17.6 Å². The second kappa shape index (κ2) is 6.61. The van der Waals surface area contributed by atoms with Crippen LogP contribution in [0.5, 0.6) is 0 Å². The van der Waals surface area contributed by atoms with Gasteiger partial charge in [-0.2, -0.15) is 0 Å². The van der Waals surface area contributed by atoms with Gasteiger partial charge in [-0.25, -0.2) is 9.37 Å². The van der Waals surface area contributed by atoms with Crippen LogP contribution in [0.15, 0.2) is 35.8 Å². The fourth-order valence-electron chi connectivity index (χ4n) is 1.88. The van der Waals surface area contributed by atoms with Crippen molar-refractivity contribution in [3.05, 3.63) is 52.2 Å². The highest BCUT2D eigenvalue weighted by molar-refractivity contribution is 7.09. The number of hydrogen-bond donors (Lipinski definition) is 1. The molecule has 1 N–H and O–H groups in total. The van der Waals surface area contributed by atoms with Gasteiger partial charge in [0.1, 0.15) is 5.82 Å². The van der Waals surface area contributed by atoms with Crippen molar-refractivity contribution in [1.29, 1.82) is 0 Å². The van der Waals surface area contributed by atoms with Crippen LogP contribution >= 0.6 is 11.3 Å². The van der Waals surface area contributed by atoms with Gasteiger partial charge >= 0.3 is 0 Å². The molecule has 0 saturated carbocycles. The van der Waals surface area contributed by atoms with Crippen LogP contribution in [0.1, 0.15) is 30.0 Å². The minimum atomic E-state index is -0.185. The van der Waals surface area contributed by atoms with Crippen LogP contribution in [-0.2, 0) is 6.42 Å². The second-order valence-corrected chi connectivity index (χ2v) is 5.17. The molecule has 2 aromatic rings. The number of halogens is 1. The van der Waals surface area contributed by atoms with Crippen LogP contribution in [-0.4, -0.2) is 11.5 Å². The van der Waals surface area contributed by atoms with E-state index in [-0.39, 0.29) is 11.9 Å². The molecule has 0 fully saturated rings. The number of benzene rings is 1. The first-order chi connectivity index (χ1) is 8.79. The van der Waals surface area contributed by atoms with Gasteiger partial charge in [-0.3, -0.25) is 0 Å². The first-order valence-electron chi connectivity index (χ1n) is 6.17. The van der Waals surface area contributed by atoms with Gasteiger partial charge in [-0.15, -0.1) is 11.3 Å². The van der Waals surface area contributed by atoms with Crippen molar-refractivity contribution in [2.24, 2.45) is 0 Å². The maximum Gasteiger partial charge on any atom is 0.123 e. The Morgan fingerprint density at radius 1 is 1.44 bits per heavy atom. The molecule has 0 aliphatic carbocycles. The molecule has 1 unspecified atom stereocenters. The summed E-state index contributed by atoms with van der Waals surface area (Å²) in [6.45, 7) is 3.05. The van der Waals surface area contributed by atoms with Crippen LogP contribution in [0.25, 0.3) is 0 Å². The third kappa shape index (κ3) is 3.62. The van der Waals surface area contributed by atoms with Crippen LogP contribution in [0, 0.1) is 5.82 Å². The molecule has 0 bridgehead atoms. The van der Waals surface area contributed by atoms with Crippen LogP contribution in [0.2, 0.25) is 0 Å². The zero-order valence-corrected chi connectivity index (χ0v) is 11.2. The van der Waals surface area contributed by atoms with Crippen molar-refractivity contribution in [1.82, 2.24) is 10.3 Å². The average Bonchev–Trinajstić information content (AvgIpc) is 2.87. The van der Waals surface area contributed by atoms with Crippen molar-refractivity contribution in [2.75, 3.05) is 6.54 Å². The smallest absolute Gasteiger partial charge is 0.123 e. The average molecular weight is 264 g/mol.